The molecule has 0 aliphatic carbocycles. The number of aryl methyl sites for hydroxylation is 1. The first-order valence-corrected chi connectivity index (χ1v) is 9.81. The van der Waals surface area contributed by atoms with Crippen LogP contribution in [0.1, 0.15) is 46.1 Å². The Bertz CT molecular complexity index is 910. The Hall–Kier alpha value is -2.28. The highest BCUT2D eigenvalue weighted by molar-refractivity contribution is 5.69. The fourth-order valence-corrected chi connectivity index (χ4v) is 3.74. The minimum atomic E-state index is 0.398. The van der Waals surface area contributed by atoms with E-state index in [4.69, 9.17) is 4.98 Å². The molecule has 27 heavy (non-hydrogen) atoms. The summed E-state index contributed by atoms with van der Waals surface area (Å²) in [6, 6.07) is 2.40. The highest BCUT2D eigenvalue weighted by atomic mass is 15.3. The molecule has 1 aliphatic rings. The molecule has 1 saturated heterocycles. The molecular formula is C20H29N7. The second-order valence-corrected chi connectivity index (χ2v) is 8.78. The zero-order valence-corrected chi connectivity index (χ0v) is 16.8. The summed E-state index contributed by atoms with van der Waals surface area (Å²) in [6.07, 6.45) is 8.98. The minimum Gasteiger partial charge on any atom is -0.311 e. The molecular weight excluding hydrogens is 338 g/mol. The monoisotopic (exact) mass is 367 g/mol. The van der Waals surface area contributed by atoms with Crippen LogP contribution in [-0.4, -0.2) is 53.8 Å². The molecule has 7 heteroatoms. The van der Waals surface area contributed by atoms with Gasteiger partial charge in [0, 0.05) is 32.4 Å². The third-order valence-electron chi connectivity index (χ3n) is 5.50. The Labute approximate surface area is 160 Å². The smallest absolute Gasteiger partial charge is 0.197 e. The largest absolute Gasteiger partial charge is 0.311 e. The molecule has 0 N–H and O–H groups in total. The Kier molecular flexibility index (Phi) is 4.72. The fourth-order valence-electron chi connectivity index (χ4n) is 3.74. The van der Waals surface area contributed by atoms with E-state index in [0.717, 1.165) is 48.6 Å². The van der Waals surface area contributed by atoms with Gasteiger partial charge in [-0.2, -0.15) is 5.10 Å². The lowest BCUT2D eigenvalue weighted by Crippen LogP contribution is -2.36. The first-order chi connectivity index (χ1) is 12.9. The molecule has 1 aliphatic heterocycles. The van der Waals surface area contributed by atoms with Gasteiger partial charge in [0.05, 0.1) is 18.2 Å². The van der Waals surface area contributed by atoms with Crippen LogP contribution in [-0.2, 0) is 7.05 Å². The second kappa shape index (κ2) is 7.03. The van der Waals surface area contributed by atoms with Gasteiger partial charge in [0.1, 0.15) is 5.69 Å². The van der Waals surface area contributed by atoms with Gasteiger partial charge in [-0.05, 0) is 37.3 Å². The molecule has 0 unspecified atom stereocenters. The molecule has 0 radical (unpaired) electrons. The van der Waals surface area contributed by atoms with Gasteiger partial charge < -0.3 is 9.47 Å². The van der Waals surface area contributed by atoms with Crippen LogP contribution >= 0.6 is 0 Å². The number of aromatic nitrogens is 6. The summed E-state index contributed by atoms with van der Waals surface area (Å²) in [5.74, 6) is 0. The number of fused-ring (bicyclic) bond motifs is 1. The van der Waals surface area contributed by atoms with E-state index in [1.807, 2.05) is 24.1 Å². The average Bonchev–Trinajstić information content (AvgIpc) is 3.25. The summed E-state index contributed by atoms with van der Waals surface area (Å²) in [7, 11) is 1.92. The summed E-state index contributed by atoms with van der Waals surface area (Å²) >= 11 is 0. The van der Waals surface area contributed by atoms with Crippen molar-refractivity contribution in [1.82, 2.24) is 34.2 Å². The van der Waals surface area contributed by atoms with Crippen molar-refractivity contribution in [3.63, 3.8) is 0 Å². The molecule has 0 bridgehead atoms. The van der Waals surface area contributed by atoms with Crippen molar-refractivity contribution >= 4 is 11.3 Å². The van der Waals surface area contributed by atoms with Crippen LogP contribution in [0.15, 0.2) is 24.8 Å². The lowest BCUT2D eigenvalue weighted by molar-refractivity contribution is 0.166. The molecule has 7 nitrogen and oxygen atoms in total. The molecule has 0 aromatic carbocycles. The second-order valence-electron chi connectivity index (χ2n) is 8.78. The third kappa shape index (κ3) is 3.88. The maximum atomic E-state index is 4.86. The lowest BCUT2D eigenvalue weighted by atomic mass is 9.91. The summed E-state index contributed by atoms with van der Waals surface area (Å²) in [5.41, 5.74) is 3.80. The Balaban J connectivity index is 1.50. The van der Waals surface area contributed by atoms with E-state index in [1.54, 1.807) is 12.4 Å². The van der Waals surface area contributed by atoms with Gasteiger partial charge >= 0.3 is 0 Å². The third-order valence-corrected chi connectivity index (χ3v) is 5.50. The van der Waals surface area contributed by atoms with Crippen molar-refractivity contribution in [2.24, 2.45) is 12.5 Å². The van der Waals surface area contributed by atoms with Crippen LogP contribution in [0.2, 0.25) is 0 Å². The molecule has 0 atom stereocenters. The molecule has 4 heterocycles. The van der Waals surface area contributed by atoms with Crippen LogP contribution in [0.25, 0.3) is 22.7 Å². The number of nitrogens with zero attached hydrogens (tertiary/aromatic N) is 7. The highest BCUT2D eigenvalue weighted by Crippen LogP contribution is 2.28. The fraction of sp³-hybridized carbons (Fsp3) is 0.600. The number of likely N-dealkylation sites (tertiary alicyclic amines) is 1. The number of hydrogen-bond acceptors (Lipinski definition) is 5. The van der Waals surface area contributed by atoms with Crippen molar-refractivity contribution < 1.29 is 0 Å². The summed E-state index contributed by atoms with van der Waals surface area (Å²) in [4.78, 5) is 16.5. The molecule has 1 fully saturated rings. The summed E-state index contributed by atoms with van der Waals surface area (Å²) in [5, 5.41) is 4.24. The quantitative estimate of drug-likeness (QED) is 0.708. The number of hydrogen-bond donors (Lipinski definition) is 0. The molecule has 0 spiro atoms. The number of piperidine rings is 1. The van der Waals surface area contributed by atoms with Crippen LogP contribution in [0.5, 0.6) is 0 Å². The lowest BCUT2D eigenvalue weighted by Gasteiger charge is -2.34. The van der Waals surface area contributed by atoms with Crippen molar-refractivity contribution in [1.29, 1.82) is 0 Å². The van der Waals surface area contributed by atoms with Crippen LogP contribution in [0.4, 0.5) is 0 Å². The van der Waals surface area contributed by atoms with Crippen LogP contribution < -0.4 is 0 Å². The molecule has 0 amide bonds. The van der Waals surface area contributed by atoms with E-state index < -0.39 is 0 Å². The Morgan fingerprint density at radius 2 is 1.93 bits per heavy atom. The normalized spacial score (nSPS) is 17.0. The van der Waals surface area contributed by atoms with E-state index in [2.05, 4.69) is 45.3 Å². The first kappa shape index (κ1) is 18.1. The predicted molar refractivity (Wildman–Crippen MR) is 106 cm³/mol. The molecule has 144 valence electrons. The standard InChI is InChI=1S/C20H29N7/c1-20(2,3)8-12-26-10-6-15(7-11-26)27-14-22-18-19(27)24-16(13-21-18)17-5-9-23-25(17)4/h5,9,13-15H,6-8,10-12H2,1-4H3. The molecule has 0 saturated carbocycles. The predicted octanol–water partition coefficient (Wildman–Crippen LogP) is 3.30. The Morgan fingerprint density at radius 1 is 1.15 bits per heavy atom. The van der Waals surface area contributed by atoms with Gasteiger partial charge in [-0.1, -0.05) is 20.8 Å². The van der Waals surface area contributed by atoms with Gasteiger partial charge in [0.25, 0.3) is 0 Å². The van der Waals surface area contributed by atoms with E-state index in [0.29, 0.717) is 11.5 Å². The number of rotatable bonds is 4. The van der Waals surface area contributed by atoms with Crippen molar-refractivity contribution in [3.8, 4) is 11.4 Å². The van der Waals surface area contributed by atoms with Gasteiger partial charge in [-0.25, -0.2) is 15.0 Å². The van der Waals surface area contributed by atoms with E-state index in [1.165, 1.54) is 13.0 Å². The molecule has 4 rings (SSSR count). The number of imidazole rings is 1. The van der Waals surface area contributed by atoms with E-state index >= 15 is 0 Å². The SMILES string of the molecule is Cn1nccc1-c1cnc2ncn(C3CCN(CCC(C)(C)C)CC3)c2n1. The molecule has 3 aromatic heterocycles. The summed E-state index contributed by atoms with van der Waals surface area (Å²) in [6.45, 7) is 10.4. The maximum Gasteiger partial charge on any atom is 0.197 e. The average molecular weight is 368 g/mol. The van der Waals surface area contributed by atoms with E-state index in [-0.39, 0.29) is 0 Å². The van der Waals surface area contributed by atoms with Gasteiger partial charge in [0.15, 0.2) is 11.3 Å². The van der Waals surface area contributed by atoms with Crippen molar-refractivity contribution in [3.05, 3.63) is 24.8 Å². The zero-order chi connectivity index (χ0) is 19.0. The highest BCUT2D eigenvalue weighted by Gasteiger charge is 2.24. The summed E-state index contributed by atoms with van der Waals surface area (Å²) < 4.78 is 4.05. The van der Waals surface area contributed by atoms with Gasteiger partial charge in [-0.3, -0.25) is 4.68 Å². The zero-order valence-electron chi connectivity index (χ0n) is 16.8. The van der Waals surface area contributed by atoms with E-state index in [9.17, 15) is 0 Å². The van der Waals surface area contributed by atoms with Crippen molar-refractivity contribution in [2.75, 3.05) is 19.6 Å². The first-order valence-electron chi connectivity index (χ1n) is 9.81. The van der Waals surface area contributed by atoms with Crippen LogP contribution in [0.3, 0.4) is 0 Å². The van der Waals surface area contributed by atoms with Gasteiger partial charge in [0.2, 0.25) is 0 Å². The van der Waals surface area contributed by atoms with Gasteiger partial charge in [-0.15, -0.1) is 0 Å². The Morgan fingerprint density at radius 3 is 2.59 bits per heavy atom. The minimum absolute atomic E-state index is 0.398. The van der Waals surface area contributed by atoms with Crippen LogP contribution in [0, 0.1) is 5.41 Å². The molecule has 3 aromatic rings. The van der Waals surface area contributed by atoms with Crippen molar-refractivity contribution in [2.45, 2.75) is 46.1 Å². The topological polar surface area (TPSA) is 64.7 Å². The maximum absolute atomic E-state index is 4.86.